The molecule has 0 aromatic heterocycles. The third-order valence-electron chi connectivity index (χ3n) is 1.10. The summed E-state index contributed by atoms with van der Waals surface area (Å²) in [6.07, 6.45) is 6.00. The second kappa shape index (κ2) is 6.47. The van der Waals surface area contributed by atoms with E-state index in [9.17, 15) is 0 Å². The fourth-order valence-corrected chi connectivity index (χ4v) is 0.250. The van der Waals surface area contributed by atoms with Gasteiger partial charge in [-0.15, -0.1) is 0 Å². The minimum Gasteiger partial charge on any atom is -0.471 e. The average molecular weight is 116 g/mol. The molecule has 1 saturated carbocycles. The van der Waals surface area contributed by atoms with Crippen LogP contribution in [0.25, 0.3) is 0 Å². The topological polar surface area (TPSA) is 26.3 Å². The van der Waals surface area contributed by atoms with Crippen molar-refractivity contribution in [1.29, 1.82) is 0 Å². The monoisotopic (exact) mass is 116 g/mol. The smallest absolute Gasteiger partial charge is 0.292 e. The van der Waals surface area contributed by atoms with E-state index >= 15 is 0 Å². The maximum absolute atomic E-state index is 8.95. The Morgan fingerprint density at radius 1 is 1.25 bits per heavy atom. The minimum atomic E-state index is 0.375. The van der Waals surface area contributed by atoms with E-state index < -0.39 is 0 Å². The molecule has 2 nitrogen and oxygen atoms in total. The van der Waals surface area contributed by atoms with Crippen molar-refractivity contribution < 1.29 is 9.53 Å². The predicted molar refractivity (Wildman–Crippen MR) is 31.5 cm³/mol. The first-order valence-electron chi connectivity index (χ1n) is 2.88. The summed E-state index contributed by atoms with van der Waals surface area (Å²) >= 11 is 0. The SMILES string of the molecule is C1CCC1.COC=O. The molecule has 0 bridgehead atoms. The van der Waals surface area contributed by atoms with E-state index in [4.69, 9.17) is 4.79 Å². The molecule has 1 aliphatic rings. The molecule has 1 aliphatic carbocycles. The van der Waals surface area contributed by atoms with Gasteiger partial charge in [-0.05, 0) is 0 Å². The normalized spacial score (nSPS) is 14.6. The summed E-state index contributed by atoms with van der Waals surface area (Å²) in [4.78, 5) is 8.95. The molecule has 0 aromatic carbocycles. The van der Waals surface area contributed by atoms with Gasteiger partial charge in [0.15, 0.2) is 0 Å². The van der Waals surface area contributed by atoms with Gasteiger partial charge in [-0.1, -0.05) is 25.7 Å². The van der Waals surface area contributed by atoms with E-state index in [0.29, 0.717) is 6.47 Å². The fourth-order valence-electron chi connectivity index (χ4n) is 0.250. The van der Waals surface area contributed by atoms with Gasteiger partial charge in [-0.2, -0.15) is 0 Å². The van der Waals surface area contributed by atoms with Crippen molar-refractivity contribution in [2.24, 2.45) is 0 Å². The molecule has 8 heavy (non-hydrogen) atoms. The number of carbonyl (C=O) groups excluding carboxylic acids is 1. The third kappa shape index (κ3) is 5.47. The van der Waals surface area contributed by atoms with E-state index in [1.807, 2.05) is 0 Å². The van der Waals surface area contributed by atoms with Gasteiger partial charge < -0.3 is 4.74 Å². The number of rotatable bonds is 1. The Kier molecular flexibility index (Phi) is 6.04. The molecule has 0 heterocycles. The van der Waals surface area contributed by atoms with E-state index in [2.05, 4.69) is 4.74 Å². The zero-order valence-electron chi connectivity index (χ0n) is 5.22. The quantitative estimate of drug-likeness (QED) is 0.483. The number of hydrogen-bond acceptors (Lipinski definition) is 2. The first-order valence-corrected chi connectivity index (χ1v) is 2.88. The Morgan fingerprint density at radius 2 is 1.50 bits per heavy atom. The van der Waals surface area contributed by atoms with E-state index in [0.717, 1.165) is 0 Å². The molecule has 0 N–H and O–H groups in total. The van der Waals surface area contributed by atoms with Gasteiger partial charge in [0, 0.05) is 0 Å². The van der Waals surface area contributed by atoms with Crippen LogP contribution in [0, 0.1) is 0 Å². The summed E-state index contributed by atoms with van der Waals surface area (Å²) in [6.45, 7) is 0.375. The van der Waals surface area contributed by atoms with Crippen LogP contribution in [0.15, 0.2) is 0 Å². The van der Waals surface area contributed by atoms with Crippen LogP contribution >= 0.6 is 0 Å². The number of carbonyl (C=O) groups is 1. The maximum Gasteiger partial charge on any atom is 0.292 e. The zero-order chi connectivity index (χ0) is 6.24. The van der Waals surface area contributed by atoms with Crippen LogP contribution in [0.5, 0.6) is 0 Å². The standard InChI is InChI=1S/C4H8.C2H4O2/c1-2-4-3-1;1-4-2-3/h1-4H2;2H,1H3. The second-order valence-electron chi connectivity index (χ2n) is 1.75. The molecule has 2 heteroatoms. The molecule has 0 aromatic rings. The van der Waals surface area contributed by atoms with E-state index in [1.54, 1.807) is 0 Å². The molecule has 1 fully saturated rings. The third-order valence-corrected chi connectivity index (χ3v) is 1.10. The first-order chi connectivity index (χ1) is 3.91. The predicted octanol–water partition coefficient (Wildman–Crippen LogP) is 1.35. The highest BCUT2D eigenvalue weighted by molar-refractivity contribution is 5.36. The Hall–Kier alpha value is -0.530. The lowest BCUT2D eigenvalue weighted by molar-refractivity contribution is -0.126. The molecular weight excluding hydrogens is 104 g/mol. The number of hydrogen-bond donors (Lipinski definition) is 0. The molecule has 48 valence electrons. The maximum atomic E-state index is 8.95. The average Bonchev–Trinajstić information content (AvgIpc) is 1.61. The molecule has 0 amide bonds. The second-order valence-corrected chi connectivity index (χ2v) is 1.75. The fraction of sp³-hybridized carbons (Fsp3) is 0.833. The lowest BCUT2D eigenvalue weighted by atomic mass is 10.0. The molecule has 0 aliphatic heterocycles. The Labute approximate surface area is 49.8 Å². The van der Waals surface area contributed by atoms with Gasteiger partial charge in [-0.25, -0.2) is 0 Å². The first kappa shape index (κ1) is 7.47. The van der Waals surface area contributed by atoms with Crippen LogP contribution in [0.1, 0.15) is 25.7 Å². The van der Waals surface area contributed by atoms with Crippen molar-refractivity contribution in [3.63, 3.8) is 0 Å². The summed E-state index contributed by atoms with van der Waals surface area (Å²) in [6, 6.07) is 0. The van der Waals surface area contributed by atoms with Gasteiger partial charge >= 0.3 is 0 Å². The lowest BCUT2D eigenvalue weighted by Gasteiger charge is -2.05. The Morgan fingerprint density at radius 3 is 1.50 bits per heavy atom. The van der Waals surface area contributed by atoms with Crippen molar-refractivity contribution in [2.75, 3.05) is 7.11 Å². The summed E-state index contributed by atoms with van der Waals surface area (Å²) in [7, 11) is 1.31. The summed E-state index contributed by atoms with van der Waals surface area (Å²) in [5.74, 6) is 0. The van der Waals surface area contributed by atoms with Crippen LogP contribution in [0.4, 0.5) is 0 Å². The molecule has 0 atom stereocenters. The van der Waals surface area contributed by atoms with Gasteiger partial charge in [0.05, 0.1) is 7.11 Å². The Balaban J connectivity index is 0.000000122. The van der Waals surface area contributed by atoms with Crippen molar-refractivity contribution in [1.82, 2.24) is 0 Å². The Bertz CT molecular complexity index is 44.5. The minimum absolute atomic E-state index is 0.375. The van der Waals surface area contributed by atoms with Crippen molar-refractivity contribution in [3.8, 4) is 0 Å². The van der Waals surface area contributed by atoms with Crippen LogP contribution < -0.4 is 0 Å². The molecule has 0 unspecified atom stereocenters. The molecular formula is C6H12O2. The van der Waals surface area contributed by atoms with Gasteiger partial charge in [0.1, 0.15) is 0 Å². The molecule has 0 saturated heterocycles. The van der Waals surface area contributed by atoms with Crippen LogP contribution in [-0.4, -0.2) is 13.6 Å². The zero-order valence-corrected chi connectivity index (χ0v) is 5.22. The van der Waals surface area contributed by atoms with Crippen LogP contribution in [-0.2, 0) is 9.53 Å². The number of ether oxygens (including phenoxy) is 1. The summed E-state index contributed by atoms with van der Waals surface area (Å²) in [5, 5.41) is 0. The molecule has 0 spiro atoms. The van der Waals surface area contributed by atoms with Crippen molar-refractivity contribution in [3.05, 3.63) is 0 Å². The van der Waals surface area contributed by atoms with Crippen LogP contribution in [0.3, 0.4) is 0 Å². The lowest BCUT2D eigenvalue weighted by Crippen LogP contribution is -1.85. The highest BCUT2D eigenvalue weighted by atomic mass is 16.5. The number of methoxy groups -OCH3 is 1. The van der Waals surface area contributed by atoms with Crippen molar-refractivity contribution >= 4 is 6.47 Å². The molecule has 0 radical (unpaired) electrons. The van der Waals surface area contributed by atoms with Crippen molar-refractivity contribution in [2.45, 2.75) is 25.7 Å². The summed E-state index contributed by atoms with van der Waals surface area (Å²) < 4.78 is 3.86. The van der Waals surface area contributed by atoms with Gasteiger partial charge in [-0.3, -0.25) is 4.79 Å². The molecule has 1 rings (SSSR count). The largest absolute Gasteiger partial charge is 0.471 e. The highest BCUT2D eigenvalue weighted by Gasteiger charge is 1.95. The highest BCUT2D eigenvalue weighted by Crippen LogP contribution is 2.15. The van der Waals surface area contributed by atoms with Gasteiger partial charge in [0.2, 0.25) is 0 Å². The summed E-state index contributed by atoms with van der Waals surface area (Å²) in [5.41, 5.74) is 0. The van der Waals surface area contributed by atoms with Gasteiger partial charge in [0.25, 0.3) is 6.47 Å². The van der Waals surface area contributed by atoms with Crippen LogP contribution in [0.2, 0.25) is 0 Å². The van der Waals surface area contributed by atoms with E-state index in [-0.39, 0.29) is 0 Å². The van der Waals surface area contributed by atoms with E-state index in [1.165, 1.54) is 32.8 Å².